The van der Waals surface area contributed by atoms with Crippen molar-refractivity contribution in [1.29, 1.82) is 0 Å². The number of carbonyl (C=O) groups is 1. The summed E-state index contributed by atoms with van der Waals surface area (Å²) in [7, 11) is 0. The molecule has 3 rings (SSSR count). The maximum absolute atomic E-state index is 12.5. The van der Waals surface area contributed by atoms with Gasteiger partial charge in [-0.3, -0.25) is 14.6 Å². The normalized spacial score (nSPS) is 10.5. The number of hydroxylamine groups is 1. The van der Waals surface area contributed by atoms with Crippen molar-refractivity contribution >= 4 is 22.9 Å². The maximum atomic E-state index is 12.5. The molecular weight excluding hydrogens is 348 g/mol. The highest BCUT2D eigenvalue weighted by molar-refractivity contribution is 7.09. The molecule has 0 saturated carbocycles. The van der Waals surface area contributed by atoms with E-state index in [-0.39, 0.29) is 12.5 Å². The average molecular weight is 368 g/mol. The summed E-state index contributed by atoms with van der Waals surface area (Å²) in [4.78, 5) is 26.1. The van der Waals surface area contributed by atoms with Gasteiger partial charge in [0.25, 0.3) is 5.91 Å². The van der Waals surface area contributed by atoms with Crippen LogP contribution in [0.2, 0.25) is 0 Å². The van der Waals surface area contributed by atoms with E-state index in [0.717, 1.165) is 27.5 Å². The Hall–Kier alpha value is -2.77. The fourth-order valence-corrected chi connectivity index (χ4v) is 3.00. The average Bonchev–Trinajstić information content (AvgIpc) is 3.06. The van der Waals surface area contributed by atoms with Crippen LogP contribution in [0, 0.1) is 13.8 Å². The number of anilines is 1. The molecule has 0 aliphatic heterocycles. The summed E-state index contributed by atoms with van der Waals surface area (Å²) in [6.07, 6.45) is 3.49. The molecule has 26 heavy (non-hydrogen) atoms. The van der Waals surface area contributed by atoms with Crippen molar-refractivity contribution in [3.8, 4) is 0 Å². The number of nitrogens with one attached hydrogen (secondary N) is 2. The quantitative estimate of drug-likeness (QED) is 0.623. The predicted molar refractivity (Wildman–Crippen MR) is 102 cm³/mol. The Bertz CT molecular complexity index is 880. The summed E-state index contributed by atoms with van der Waals surface area (Å²) in [5.74, 6) is -0.297. The number of rotatable bonds is 7. The monoisotopic (exact) mass is 368 g/mol. The molecule has 2 N–H and O–H groups in total. The predicted octanol–water partition coefficient (Wildman–Crippen LogP) is 3.63. The summed E-state index contributed by atoms with van der Waals surface area (Å²) < 4.78 is 0. The van der Waals surface area contributed by atoms with Crippen molar-refractivity contribution in [2.24, 2.45) is 0 Å². The molecule has 0 atom stereocenters. The molecule has 1 amide bonds. The van der Waals surface area contributed by atoms with Gasteiger partial charge in [0.05, 0.1) is 16.3 Å². The summed E-state index contributed by atoms with van der Waals surface area (Å²) in [6, 6.07) is 9.50. The van der Waals surface area contributed by atoms with Crippen molar-refractivity contribution in [2.75, 3.05) is 5.32 Å². The molecule has 7 heteroatoms. The van der Waals surface area contributed by atoms with Crippen LogP contribution in [-0.2, 0) is 18.0 Å². The molecule has 6 nitrogen and oxygen atoms in total. The second-order valence-electron chi connectivity index (χ2n) is 5.84. The van der Waals surface area contributed by atoms with Crippen molar-refractivity contribution in [1.82, 2.24) is 15.4 Å². The molecular formula is C19H20N4O2S. The third-order valence-electron chi connectivity index (χ3n) is 3.70. The van der Waals surface area contributed by atoms with Crippen molar-refractivity contribution in [3.05, 3.63) is 75.5 Å². The Morgan fingerprint density at radius 1 is 1.19 bits per heavy atom. The van der Waals surface area contributed by atoms with Crippen LogP contribution in [-0.4, -0.2) is 15.9 Å². The standard InChI is InChI=1S/C19H20N4O2S/c1-13-3-4-17(18(9-13)21-10-15-5-7-20-8-6-15)19(24)23-25-11-16-12-26-14(2)22-16/h3-9,12,21H,10-11H2,1-2H3,(H,23,24). The number of carbonyl (C=O) groups excluding carboxylic acids is 1. The van der Waals surface area contributed by atoms with E-state index in [9.17, 15) is 4.79 Å². The van der Waals surface area contributed by atoms with Gasteiger partial charge in [-0.25, -0.2) is 10.5 Å². The van der Waals surface area contributed by atoms with Crippen LogP contribution in [0.15, 0.2) is 48.1 Å². The van der Waals surface area contributed by atoms with E-state index < -0.39 is 0 Å². The summed E-state index contributed by atoms with van der Waals surface area (Å²) in [5.41, 5.74) is 6.73. The summed E-state index contributed by atoms with van der Waals surface area (Å²) in [5, 5.41) is 6.19. The molecule has 134 valence electrons. The zero-order valence-corrected chi connectivity index (χ0v) is 15.5. The SMILES string of the molecule is Cc1ccc(C(=O)NOCc2csc(C)n2)c(NCc2ccncc2)c1. The van der Waals surface area contributed by atoms with E-state index in [1.165, 1.54) is 0 Å². The van der Waals surface area contributed by atoms with Gasteiger partial charge < -0.3 is 5.32 Å². The second kappa shape index (κ2) is 8.55. The third kappa shape index (κ3) is 4.87. The van der Waals surface area contributed by atoms with Gasteiger partial charge in [0, 0.05) is 30.0 Å². The van der Waals surface area contributed by atoms with E-state index in [4.69, 9.17) is 4.84 Å². The number of hydrogen-bond donors (Lipinski definition) is 2. The lowest BCUT2D eigenvalue weighted by atomic mass is 10.1. The van der Waals surface area contributed by atoms with E-state index in [1.807, 2.05) is 43.5 Å². The van der Waals surface area contributed by atoms with Gasteiger partial charge in [-0.15, -0.1) is 11.3 Å². The van der Waals surface area contributed by atoms with E-state index in [1.54, 1.807) is 29.8 Å². The smallest absolute Gasteiger partial charge is 0.276 e. The highest BCUT2D eigenvalue weighted by Crippen LogP contribution is 2.19. The topological polar surface area (TPSA) is 76.1 Å². The first-order valence-corrected chi connectivity index (χ1v) is 9.06. The number of nitrogens with zero attached hydrogens (tertiary/aromatic N) is 2. The van der Waals surface area contributed by atoms with Crippen LogP contribution in [0.4, 0.5) is 5.69 Å². The number of thiazole rings is 1. The van der Waals surface area contributed by atoms with Gasteiger partial charge in [0.1, 0.15) is 6.61 Å². The van der Waals surface area contributed by atoms with Crippen molar-refractivity contribution in [2.45, 2.75) is 27.0 Å². The molecule has 0 unspecified atom stereocenters. The largest absolute Gasteiger partial charge is 0.380 e. The first-order valence-electron chi connectivity index (χ1n) is 8.18. The molecule has 3 aromatic rings. The minimum atomic E-state index is -0.297. The lowest BCUT2D eigenvalue weighted by molar-refractivity contribution is 0.0224. The minimum Gasteiger partial charge on any atom is -0.380 e. The number of hydrogen-bond acceptors (Lipinski definition) is 6. The number of pyridine rings is 1. The zero-order valence-electron chi connectivity index (χ0n) is 14.7. The molecule has 0 bridgehead atoms. The van der Waals surface area contributed by atoms with E-state index in [2.05, 4.69) is 20.8 Å². The maximum Gasteiger partial charge on any atom is 0.276 e. The van der Waals surface area contributed by atoms with Gasteiger partial charge >= 0.3 is 0 Å². The molecule has 0 fully saturated rings. The molecule has 0 aliphatic rings. The first-order chi connectivity index (χ1) is 12.6. The zero-order chi connectivity index (χ0) is 18.4. The third-order valence-corrected chi connectivity index (χ3v) is 4.53. The molecule has 2 heterocycles. The van der Waals surface area contributed by atoms with E-state index in [0.29, 0.717) is 12.1 Å². The molecule has 0 spiro atoms. The molecule has 0 aliphatic carbocycles. The fourth-order valence-electron chi connectivity index (χ4n) is 2.41. The fraction of sp³-hybridized carbons (Fsp3) is 0.211. The highest BCUT2D eigenvalue weighted by Gasteiger charge is 2.12. The second-order valence-corrected chi connectivity index (χ2v) is 6.90. The lowest BCUT2D eigenvalue weighted by Crippen LogP contribution is -2.24. The minimum absolute atomic E-state index is 0.238. The number of benzene rings is 1. The number of aromatic nitrogens is 2. The number of aryl methyl sites for hydroxylation is 2. The number of amides is 1. The van der Waals surface area contributed by atoms with Crippen LogP contribution in [0.25, 0.3) is 0 Å². The lowest BCUT2D eigenvalue weighted by Gasteiger charge is -2.13. The van der Waals surface area contributed by atoms with Crippen molar-refractivity contribution < 1.29 is 9.63 Å². The summed E-state index contributed by atoms with van der Waals surface area (Å²) in [6.45, 7) is 4.76. The first kappa shape index (κ1) is 18.0. The van der Waals surface area contributed by atoms with Gasteiger partial charge in [0.15, 0.2) is 0 Å². The van der Waals surface area contributed by atoms with E-state index >= 15 is 0 Å². The molecule has 1 aromatic carbocycles. The highest BCUT2D eigenvalue weighted by atomic mass is 32.1. The van der Waals surface area contributed by atoms with Gasteiger partial charge in [-0.05, 0) is 49.2 Å². The van der Waals surface area contributed by atoms with Crippen LogP contribution >= 0.6 is 11.3 Å². The van der Waals surface area contributed by atoms with Gasteiger partial charge in [-0.1, -0.05) is 6.07 Å². The Morgan fingerprint density at radius 2 is 2.00 bits per heavy atom. The van der Waals surface area contributed by atoms with Crippen LogP contribution < -0.4 is 10.8 Å². The molecule has 0 radical (unpaired) electrons. The summed E-state index contributed by atoms with van der Waals surface area (Å²) >= 11 is 1.55. The van der Waals surface area contributed by atoms with Crippen LogP contribution in [0.5, 0.6) is 0 Å². The van der Waals surface area contributed by atoms with Crippen LogP contribution in [0.3, 0.4) is 0 Å². The van der Waals surface area contributed by atoms with Crippen molar-refractivity contribution in [3.63, 3.8) is 0 Å². The Morgan fingerprint density at radius 3 is 2.73 bits per heavy atom. The molecule has 0 saturated heterocycles. The van der Waals surface area contributed by atoms with Gasteiger partial charge in [-0.2, -0.15) is 0 Å². The molecule has 2 aromatic heterocycles. The van der Waals surface area contributed by atoms with Gasteiger partial charge in [0.2, 0.25) is 0 Å². The Kier molecular flexibility index (Phi) is 5.93. The Labute approximate surface area is 156 Å². The Balaban J connectivity index is 1.63. The van der Waals surface area contributed by atoms with Crippen LogP contribution in [0.1, 0.15) is 32.2 Å².